The number of aryl methyl sites for hydroxylation is 1. The molecule has 1 amide bonds. The van der Waals surface area contributed by atoms with Crippen molar-refractivity contribution in [2.24, 2.45) is 0 Å². The lowest BCUT2D eigenvalue weighted by Gasteiger charge is -2.33. The van der Waals surface area contributed by atoms with E-state index in [0.717, 1.165) is 59.4 Å². The van der Waals surface area contributed by atoms with E-state index in [1.54, 1.807) is 11.3 Å². The average Bonchev–Trinajstić information content (AvgIpc) is 3.20. The maximum atomic E-state index is 11.3. The lowest BCUT2D eigenvalue weighted by atomic mass is 10.0. The van der Waals surface area contributed by atoms with E-state index in [1.807, 2.05) is 41.6 Å². The van der Waals surface area contributed by atoms with E-state index in [4.69, 9.17) is 27.9 Å². The number of hydrogen-bond acceptors (Lipinski definition) is 5. The molecule has 2 aromatic carbocycles. The molecule has 1 aromatic heterocycles. The van der Waals surface area contributed by atoms with Gasteiger partial charge in [-0.3, -0.25) is 4.79 Å². The number of fused-ring (bicyclic) bond motifs is 1. The number of aromatic nitrogens is 1. The number of piperazine rings is 1. The molecule has 0 radical (unpaired) electrons. The topological polar surface area (TPSA) is 54.5 Å². The number of benzene rings is 2. The number of nitrogens with one attached hydrogen (secondary N) is 1. The van der Waals surface area contributed by atoms with Crippen LogP contribution in [0, 0.1) is 6.92 Å². The summed E-state index contributed by atoms with van der Waals surface area (Å²) in [5, 5.41) is 4.38. The Labute approximate surface area is 183 Å². The molecule has 152 valence electrons. The first-order valence-corrected chi connectivity index (χ1v) is 11.1. The zero-order valence-corrected chi connectivity index (χ0v) is 18.3. The van der Waals surface area contributed by atoms with E-state index in [-0.39, 0.29) is 6.04 Å². The van der Waals surface area contributed by atoms with Crippen LogP contribution >= 0.6 is 34.5 Å². The molecule has 3 aromatic rings. The highest BCUT2D eigenvalue weighted by Gasteiger charge is 2.22. The Kier molecular flexibility index (Phi) is 6.25. The molecule has 1 fully saturated rings. The van der Waals surface area contributed by atoms with Crippen molar-refractivity contribution in [3.8, 4) is 16.9 Å². The molecule has 0 saturated carbocycles. The van der Waals surface area contributed by atoms with Crippen molar-refractivity contribution in [2.45, 2.75) is 19.4 Å². The van der Waals surface area contributed by atoms with Crippen LogP contribution in [0.1, 0.15) is 12.0 Å². The lowest BCUT2D eigenvalue weighted by Crippen LogP contribution is -2.50. The fourth-order valence-corrected chi connectivity index (χ4v) is 5.23. The Morgan fingerprint density at radius 3 is 3.10 bits per heavy atom. The summed E-state index contributed by atoms with van der Waals surface area (Å²) in [4.78, 5) is 17.6. The lowest BCUT2D eigenvalue weighted by molar-refractivity contribution is -0.121. The fourth-order valence-electron chi connectivity index (χ4n) is 3.71. The maximum absolute atomic E-state index is 11.3. The number of rotatable bonds is 6. The third-order valence-corrected chi connectivity index (χ3v) is 6.67. The minimum Gasteiger partial charge on any atom is -0.492 e. The van der Waals surface area contributed by atoms with E-state index in [9.17, 15) is 4.79 Å². The number of amides is 1. The first-order valence-electron chi connectivity index (χ1n) is 9.46. The van der Waals surface area contributed by atoms with Gasteiger partial charge in [0, 0.05) is 43.2 Å². The highest BCUT2D eigenvalue weighted by atomic mass is 35.5. The van der Waals surface area contributed by atoms with Gasteiger partial charge < -0.3 is 15.0 Å². The van der Waals surface area contributed by atoms with Crippen LogP contribution in [0.25, 0.3) is 21.3 Å². The number of ether oxygens (including phenoxy) is 1. The van der Waals surface area contributed by atoms with E-state index in [1.165, 1.54) is 0 Å². The monoisotopic (exact) mass is 449 g/mol. The molecule has 4 rings (SSSR count). The molecule has 1 saturated heterocycles. The second-order valence-corrected chi connectivity index (χ2v) is 8.71. The molecule has 1 N–H and O–H groups in total. The van der Waals surface area contributed by atoms with Crippen molar-refractivity contribution in [2.75, 3.05) is 26.2 Å². The van der Waals surface area contributed by atoms with E-state index in [2.05, 4.69) is 10.3 Å². The molecule has 2 heterocycles. The van der Waals surface area contributed by atoms with E-state index in [0.29, 0.717) is 22.4 Å². The van der Waals surface area contributed by atoms with E-state index < -0.39 is 0 Å². The fraction of sp³-hybridized carbons (Fsp3) is 0.333. The maximum Gasteiger partial charge on any atom is 0.210 e. The zero-order chi connectivity index (χ0) is 20.4. The van der Waals surface area contributed by atoms with Crippen molar-refractivity contribution < 1.29 is 9.53 Å². The van der Waals surface area contributed by atoms with Gasteiger partial charge in [-0.15, -0.1) is 11.3 Å². The van der Waals surface area contributed by atoms with Crippen LogP contribution < -0.4 is 10.1 Å². The number of carbonyl (C=O) groups excluding carboxylic acids is 1. The first kappa shape index (κ1) is 20.4. The summed E-state index contributed by atoms with van der Waals surface area (Å²) in [7, 11) is 0. The summed E-state index contributed by atoms with van der Waals surface area (Å²) >= 11 is 14.9. The molecule has 0 bridgehead atoms. The SMILES string of the molecule is Cc1cc(Cl)c(-c2cccc3scnc23)c(Cl)c1OCCC1CNCCN1C=O. The minimum absolute atomic E-state index is 0.121. The van der Waals surface area contributed by atoms with Gasteiger partial charge in [0.1, 0.15) is 5.75 Å². The van der Waals surface area contributed by atoms with Gasteiger partial charge in [-0.2, -0.15) is 0 Å². The standard InChI is InChI=1S/C21H21Cl2N3O2S/c1-13-9-16(22)18(15-3-2-4-17-20(15)25-11-29-17)19(23)21(13)28-8-5-14-10-24-6-7-26(14)12-27/h2-4,9,11-12,14,24H,5-8,10H2,1H3. The number of hydrogen-bond donors (Lipinski definition) is 1. The van der Waals surface area contributed by atoms with Crippen LogP contribution in [0.5, 0.6) is 5.75 Å². The van der Waals surface area contributed by atoms with Crippen LogP contribution in [0.2, 0.25) is 10.0 Å². The zero-order valence-electron chi connectivity index (χ0n) is 16.0. The van der Waals surface area contributed by atoms with Gasteiger partial charge in [-0.1, -0.05) is 35.3 Å². The Hall–Kier alpha value is -1.86. The molecule has 0 aliphatic carbocycles. The number of carbonyl (C=O) groups is 1. The molecule has 5 nitrogen and oxygen atoms in total. The molecule has 1 aliphatic rings. The van der Waals surface area contributed by atoms with Crippen LogP contribution in [0.15, 0.2) is 29.8 Å². The third kappa shape index (κ3) is 4.08. The number of para-hydroxylation sites is 1. The number of halogens is 2. The minimum atomic E-state index is 0.121. The van der Waals surface area contributed by atoms with Crippen molar-refractivity contribution in [1.82, 2.24) is 15.2 Å². The molecule has 1 unspecified atom stereocenters. The van der Waals surface area contributed by atoms with Gasteiger partial charge >= 0.3 is 0 Å². The van der Waals surface area contributed by atoms with E-state index >= 15 is 0 Å². The molecule has 1 atom stereocenters. The second-order valence-electron chi connectivity index (χ2n) is 7.04. The van der Waals surface area contributed by atoms with Crippen molar-refractivity contribution in [1.29, 1.82) is 0 Å². The largest absolute Gasteiger partial charge is 0.492 e. The Bertz CT molecular complexity index is 1040. The first-order chi connectivity index (χ1) is 14.1. The smallest absolute Gasteiger partial charge is 0.210 e. The third-order valence-electron chi connectivity index (χ3n) is 5.22. The molecule has 8 heteroatoms. The van der Waals surface area contributed by atoms with Crippen molar-refractivity contribution in [3.05, 3.63) is 45.4 Å². The highest BCUT2D eigenvalue weighted by molar-refractivity contribution is 7.16. The second kappa shape index (κ2) is 8.88. The number of nitrogens with zero attached hydrogens (tertiary/aromatic N) is 2. The van der Waals surface area contributed by atoms with Crippen LogP contribution in [0.3, 0.4) is 0 Å². The molecule has 1 aliphatic heterocycles. The normalized spacial score (nSPS) is 16.9. The van der Waals surface area contributed by atoms with Gasteiger partial charge in [0.25, 0.3) is 0 Å². The molecule has 0 spiro atoms. The summed E-state index contributed by atoms with van der Waals surface area (Å²) in [5.74, 6) is 0.625. The van der Waals surface area contributed by atoms with Gasteiger partial charge in [-0.25, -0.2) is 4.98 Å². The van der Waals surface area contributed by atoms with Crippen molar-refractivity contribution in [3.63, 3.8) is 0 Å². The Morgan fingerprint density at radius 1 is 1.41 bits per heavy atom. The molecular weight excluding hydrogens is 429 g/mol. The van der Waals surface area contributed by atoms with Gasteiger partial charge in [-0.05, 0) is 24.6 Å². The predicted octanol–water partition coefficient (Wildman–Crippen LogP) is 4.78. The summed E-state index contributed by atoms with van der Waals surface area (Å²) in [6.07, 6.45) is 1.64. The summed E-state index contributed by atoms with van der Waals surface area (Å²) < 4.78 is 7.18. The van der Waals surface area contributed by atoms with Gasteiger partial charge in [0.15, 0.2) is 0 Å². The Balaban J connectivity index is 1.61. The Morgan fingerprint density at radius 2 is 2.28 bits per heavy atom. The van der Waals surface area contributed by atoms with Crippen molar-refractivity contribution >= 4 is 51.2 Å². The van der Waals surface area contributed by atoms with Crippen LogP contribution in [-0.2, 0) is 4.79 Å². The summed E-state index contributed by atoms with van der Waals surface area (Å²) in [6.45, 7) is 4.70. The number of thiazole rings is 1. The van der Waals surface area contributed by atoms with Gasteiger partial charge in [0.2, 0.25) is 6.41 Å². The van der Waals surface area contributed by atoms with Crippen LogP contribution in [0.4, 0.5) is 0 Å². The van der Waals surface area contributed by atoms with Gasteiger partial charge in [0.05, 0.1) is 32.4 Å². The average molecular weight is 450 g/mol. The summed E-state index contributed by atoms with van der Waals surface area (Å²) in [6, 6.07) is 7.98. The molecular formula is C21H21Cl2N3O2S. The predicted molar refractivity (Wildman–Crippen MR) is 119 cm³/mol. The molecule has 29 heavy (non-hydrogen) atoms. The highest BCUT2D eigenvalue weighted by Crippen LogP contribution is 2.45. The summed E-state index contributed by atoms with van der Waals surface area (Å²) in [5.41, 5.74) is 5.21. The quantitative estimate of drug-likeness (QED) is 0.550. The van der Waals surface area contributed by atoms with Crippen LogP contribution in [-0.4, -0.2) is 48.6 Å².